The first kappa shape index (κ1) is 16.6. The highest BCUT2D eigenvalue weighted by molar-refractivity contribution is 6.05. The molecule has 0 saturated carbocycles. The SMILES string of the molecule is C/C(CCc1ccccc1)=N/NC(=O)c1n[nH]c(=O)c2ccccc12. The lowest BCUT2D eigenvalue weighted by Gasteiger charge is -2.05. The number of carbonyl (C=O) groups is 1. The molecule has 0 atom stereocenters. The standard InChI is InChI=1S/C19H18N4O2/c1-13(11-12-14-7-3-2-4-8-14)20-23-19(25)17-15-9-5-6-10-16(15)18(24)22-21-17/h2-10H,11-12H2,1H3,(H,22,24)(H,23,25)/b20-13-. The van der Waals surface area contributed by atoms with E-state index in [-0.39, 0.29) is 11.3 Å². The van der Waals surface area contributed by atoms with Crippen molar-refractivity contribution in [2.45, 2.75) is 19.8 Å². The van der Waals surface area contributed by atoms with Gasteiger partial charge < -0.3 is 0 Å². The Hall–Kier alpha value is -3.28. The molecule has 3 rings (SSSR count). The van der Waals surface area contributed by atoms with Gasteiger partial charge in [-0.15, -0.1) is 0 Å². The number of H-pyrrole nitrogens is 1. The molecule has 0 aliphatic carbocycles. The molecule has 3 aromatic rings. The molecule has 0 unspecified atom stereocenters. The molecule has 0 aliphatic rings. The Bertz CT molecular complexity index is 977. The minimum atomic E-state index is -0.452. The Balaban J connectivity index is 1.70. The van der Waals surface area contributed by atoms with E-state index in [0.29, 0.717) is 10.8 Å². The molecule has 1 amide bonds. The number of carbonyl (C=O) groups excluding carboxylic acids is 1. The van der Waals surface area contributed by atoms with Gasteiger partial charge in [0.15, 0.2) is 5.69 Å². The average molecular weight is 334 g/mol. The van der Waals surface area contributed by atoms with Gasteiger partial charge in [0.1, 0.15) is 0 Å². The van der Waals surface area contributed by atoms with Crippen molar-refractivity contribution >= 4 is 22.4 Å². The van der Waals surface area contributed by atoms with E-state index in [1.54, 1.807) is 24.3 Å². The third-order valence-electron chi connectivity index (χ3n) is 3.88. The lowest BCUT2D eigenvalue weighted by Crippen LogP contribution is -2.23. The maximum absolute atomic E-state index is 12.3. The number of hydrogen-bond acceptors (Lipinski definition) is 4. The number of nitrogens with zero attached hydrogens (tertiary/aromatic N) is 2. The summed E-state index contributed by atoms with van der Waals surface area (Å²) in [6.45, 7) is 1.86. The average Bonchev–Trinajstić information content (AvgIpc) is 2.66. The molecule has 0 saturated heterocycles. The van der Waals surface area contributed by atoms with Gasteiger partial charge in [0.05, 0.1) is 5.39 Å². The Morgan fingerprint density at radius 2 is 1.76 bits per heavy atom. The molecule has 0 bridgehead atoms. The summed E-state index contributed by atoms with van der Waals surface area (Å²) >= 11 is 0. The van der Waals surface area contributed by atoms with Crippen molar-refractivity contribution in [3.8, 4) is 0 Å². The normalized spacial score (nSPS) is 11.5. The number of aromatic amines is 1. The maximum atomic E-state index is 12.3. The van der Waals surface area contributed by atoms with Crippen LogP contribution in [0.4, 0.5) is 0 Å². The fourth-order valence-corrected chi connectivity index (χ4v) is 2.51. The second-order valence-corrected chi connectivity index (χ2v) is 5.72. The molecule has 1 aromatic heterocycles. The molecule has 0 spiro atoms. The van der Waals surface area contributed by atoms with Crippen LogP contribution < -0.4 is 11.0 Å². The van der Waals surface area contributed by atoms with Gasteiger partial charge >= 0.3 is 0 Å². The van der Waals surface area contributed by atoms with Gasteiger partial charge in [-0.2, -0.15) is 10.2 Å². The van der Waals surface area contributed by atoms with Crippen molar-refractivity contribution in [3.05, 3.63) is 76.2 Å². The first-order valence-corrected chi connectivity index (χ1v) is 8.00. The van der Waals surface area contributed by atoms with Gasteiger partial charge in [0.25, 0.3) is 11.5 Å². The molecule has 0 aliphatic heterocycles. The third kappa shape index (κ3) is 3.98. The minimum Gasteiger partial charge on any atom is -0.267 e. The van der Waals surface area contributed by atoms with E-state index in [1.807, 2.05) is 25.1 Å². The van der Waals surface area contributed by atoms with Crippen LogP contribution in [0.15, 0.2) is 64.5 Å². The van der Waals surface area contributed by atoms with Gasteiger partial charge in [-0.25, -0.2) is 10.5 Å². The Morgan fingerprint density at radius 3 is 2.52 bits per heavy atom. The van der Waals surface area contributed by atoms with Crippen LogP contribution in [-0.4, -0.2) is 21.8 Å². The third-order valence-corrected chi connectivity index (χ3v) is 3.88. The van der Waals surface area contributed by atoms with E-state index in [0.717, 1.165) is 18.6 Å². The smallest absolute Gasteiger partial charge is 0.267 e. The van der Waals surface area contributed by atoms with Crippen LogP contribution in [0.5, 0.6) is 0 Å². The monoisotopic (exact) mass is 334 g/mol. The number of rotatable bonds is 5. The lowest BCUT2D eigenvalue weighted by molar-refractivity contribution is 0.0950. The molecule has 126 valence electrons. The van der Waals surface area contributed by atoms with Crippen molar-refractivity contribution in [1.82, 2.24) is 15.6 Å². The molecule has 0 radical (unpaired) electrons. The summed E-state index contributed by atoms with van der Waals surface area (Å²) in [4.78, 5) is 24.1. The molecular formula is C19H18N4O2. The summed E-state index contributed by atoms with van der Waals surface area (Å²) in [6.07, 6.45) is 1.59. The second-order valence-electron chi connectivity index (χ2n) is 5.72. The van der Waals surface area contributed by atoms with E-state index in [4.69, 9.17) is 0 Å². The number of amides is 1. The highest BCUT2D eigenvalue weighted by Gasteiger charge is 2.13. The molecular weight excluding hydrogens is 316 g/mol. The fourth-order valence-electron chi connectivity index (χ4n) is 2.51. The van der Waals surface area contributed by atoms with Gasteiger partial charge in [0.2, 0.25) is 0 Å². The van der Waals surface area contributed by atoms with Crippen molar-refractivity contribution in [2.24, 2.45) is 5.10 Å². The highest BCUT2D eigenvalue weighted by atomic mass is 16.2. The molecule has 2 aromatic carbocycles. The van der Waals surface area contributed by atoms with Crippen LogP contribution in [0.2, 0.25) is 0 Å². The van der Waals surface area contributed by atoms with Crippen molar-refractivity contribution in [3.63, 3.8) is 0 Å². The Morgan fingerprint density at radius 1 is 1.08 bits per heavy atom. The van der Waals surface area contributed by atoms with Crippen molar-refractivity contribution < 1.29 is 4.79 Å². The van der Waals surface area contributed by atoms with E-state index in [2.05, 4.69) is 32.9 Å². The van der Waals surface area contributed by atoms with Crippen molar-refractivity contribution in [2.75, 3.05) is 0 Å². The first-order valence-electron chi connectivity index (χ1n) is 8.00. The summed E-state index contributed by atoms with van der Waals surface area (Å²) < 4.78 is 0. The van der Waals surface area contributed by atoms with Crippen LogP contribution in [-0.2, 0) is 6.42 Å². The van der Waals surface area contributed by atoms with Crippen LogP contribution in [0.25, 0.3) is 10.8 Å². The van der Waals surface area contributed by atoms with E-state index in [1.165, 1.54) is 5.56 Å². The highest BCUT2D eigenvalue weighted by Crippen LogP contribution is 2.12. The summed E-state index contributed by atoms with van der Waals surface area (Å²) in [5.41, 5.74) is 4.36. The predicted molar refractivity (Wildman–Crippen MR) is 97.7 cm³/mol. The van der Waals surface area contributed by atoms with Crippen LogP contribution in [0, 0.1) is 0 Å². The van der Waals surface area contributed by atoms with E-state index < -0.39 is 5.91 Å². The zero-order valence-electron chi connectivity index (χ0n) is 13.8. The first-order chi connectivity index (χ1) is 12.1. The number of aryl methyl sites for hydroxylation is 1. The molecule has 0 fully saturated rings. The molecule has 25 heavy (non-hydrogen) atoms. The van der Waals surface area contributed by atoms with Gasteiger partial charge in [0, 0.05) is 11.1 Å². The Labute approximate surface area is 144 Å². The van der Waals surface area contributed by atoms with Gasteiger partial charge in [-0.3, -0.25) is 9.59 Å². The van der Waals surface area contributed by atoms with Gasteiger partial charge in [-0.1, -0.05) is 48.5 Å². The number of aromatic nitrogens is 2. The Kier molecular flexibility index (Phi) is 4.99. The zero-order valence-corrected chi connectivity index (χ0v) is 13.8. The van der Waals surface area contributed by atoms with Crippen LogP contribution in [0.1, 0.15) is 29.4 Å². The van der Waals surface area contributed by atoms with Gasteiger partial charge in [-0.05, 0) is 31.4 Å². The quantitative estimate of drug-likeness (QED) is 0.555. The second kappa shape index (κ2) is 7.53. The number of fused-ring (bicyclic) bond motifs is 1. The number of hydrogen-bond donors (Lipinski definition) is 2. The number of nitrogens with one attached hydrogen (secondary N) is 2. The lowest BCUT2D eigenvalue weighted by atomic mass is 10.1. The van der Waals surface area contributed by atoms with E-state index >= 15 is 0 Å². The fraction of sp³-hybridized carbons (Fsp3) is 0.158. The molecule has 6 heteroatoms. The summed E-state index contributed by atoms with van der Waals surface area (Å²) in [5, 5.41) is 11.3. The minimum absolute atomic E-state index is 0.148. The molecule has 6 nitrogen and oxygen atoms in total. The summed E-state index contributed by atoms with van der Waals surface area (Å²) in [6, 6.07) is 16.9. The molecule has 1 heterocycles. The zero-order chi connectivity index (χ0) is 17.6. The maximum Gasteiger partial charge on any atom is 0.292 e. The van der Waals surface area contributed by atoms with E-state index in [9.17, 15) is 9.59 Å². The predicted octanol–water partition coefficient (Wildman–Crippen LogP) is 2.66. The largest absolute Gasteiger partial charge is 0.292 e. The van der Waals surface area contributed by atoms with Crippen molar-refractivity contribution in [1.29, 1.82) is 0 Å². The molecule has 2 N–H and O–H groups in total. The topological polar surface area (TPSA) is 87.2 Å². The number of hydrazone groups is 1. The summed E-state index contributed by atoms with van der Waals surface area (Å²) in [7, 11) is 0. The van der Waals surface area contributed by atoms with Crippen LogP contribution >= 0.6 is 0 Å². The van der Waals surface area contributed by atoms with Crippen LogP contribution in [0.3, 0.4) is 0 Å². The number of benzene rings is 2. The summed E-state index contributed by atoms with van der Waals surface area (Å²) in [5.74, 6) is -0.452.